The molecule has 4 aliphatic rings. The molecule has 6 unspecified atom stereocenters. The zero-order valence-corrected chi connectivity index (χ0v) is 15.6. The van der Waals surface area contributed by atoms with Gasteiger partial charge in [-0.05, 0) is 81.1 Å². The highest BCUT2D eigenvalue weighted by atomic mass is 16.3. The second kappa shape index (κ2) is 5.58. The molecule has 2 heteroatoms. The van der Waals surface area contributed by atoms with Crippen LogP contribution in [0.5, 0.6) is 0 Å². The van der Waals surface area contributed by atoms with E-state index in [2.05, 4.69) is 26.3 Å². The molecule has 0 saturated heterocycles. The van der Waals surface area contributed by atoms with Crippen LogP contribution in [0, 0.1) is 47.3 Å². The number of terminal acetylenes is 1. The zero-order chi connectivity index (χ0) is 18.0. The molecule has 4 rings (SSSR count). The Bertz CT molecular complexity index is 695. The van der Waals surface area contributed by atoms with Crippen LogP contribution in [0.4, 0.5) is 0 Å². The standard InChI is InChI=1S/C23H30O2/c1-5-23(25)11-10-20-18-8-6-15-12-16(24)7-9-17(15)21(18)19(14(2)3)13-22(20,23)4/h1,12,17-21,25H,2,6-11,13H2,3-4H3/t17?,18?,19?,20?,21?,22?,23-/m0/s1. The van der Waals surface area contributed by atoms with Crippen LogP contribution in [-0.2, 0) is 4.79 Å². The molecule has 1 N–H and O–H groups in total. The molecular formula is C23H30O2. The summed E-state index contributed by atoms with van der Waals surface area (Å²) in [6.45, 7) is 8.69. The summed E-state index contributed by atoms with van der Waals surface area (Å²) in [5.41, 5.74) is 1.42. The summed E-state index contributed by atoms with van der Waals surface area (Å²) in [7, 11) is 0. The minimum atomic E-state index is -0.977. The van der Waals surface area contributed by atoms with Crippen LogP contribution in [0.3, 0.4) is 0 Å². The van der Waals surface area contributed by atoms with Crippen molar-refractivity contribution in [2.75, 3.05) is 0 Å². The average molecular weight is 338 g/mol. The third-order valence-corrected chi connectivity index (χ3v) is 8.33. The maximum atomic E-state index is 11.9. The summed E-state index contributed by atoms with van der Waals surface area (Å²) in [6, 6.07) is 0. The largest absolute Gasteiger partial charge is 0.377 e. The van der Waals surface area contributed by atoms with Crippen molar-refractivity contribution in [1.29, 1.82) is 0 Å². The summed E-state index contributed by atoms with van der Waals surface area (Å²) in [4.78, 5) is 11.9. The van der Waals surface area contributed by atoms with Gasteiger partial charge in [-0.1, -0.05) is 30.6 Å². The van der Waals surface area contributed by atoms with Gasteiger partial charge < -0.3 is 5.11 Å². The molecule has 3 fully saturated rings. The summed E-state index contributed by atoms with van der Waals surface area (Å²) >= 11 is 0. The summed E-state index contributed by atoms with van der Waals surface area (Å²) in [5, 5.41) is 11.2. The van der Waals surface area contributed by atoms with Gasteiger partial charge in [0.25, 0.3) is 0 Å². The first-order valence-electron chi connectivity index (χ1n) is 9.89. The van der Waals surface area contributed by atoms with Crippen LogP contribution in [0.25, 0.3) is 0 Å². The first kappa shape index (κ1) is 17.1. The van der Waals surface area contributed by atoms with Crippen LogP contribution in [0.15, 0.2) is 23.8 Å². The summed E-state index contributed by atoms with van der Waals surface area (Å²) < 4.78 is 0. The summed E-state index contributed by atoms with van der Waals surface area (Å²) in [5.74, 6) is 5.66. The zero-order valence-electron chi connectivity index (χ0n) is 15.6. The molecule has 0 aliphatic heterocycles. The van der Waals surface area contributed by atoms with E-state index in [1.165, 1.54) is 11.1 Å². The van der Waals surface area contributed by atoms with E-state index in [9.17, 15) is 9.90 Å². The van der Waals surface area contributed by atoms with Gasteiger partial charge >= 0.3 is 0 Å². The smallest absolute Gasteiger partial charge is 0.155 e. The number of carbonyl (C=O) groups is 1. The second-order valence-electron chi connectivity index (χ2n) is 9.33. The second-order valence-corrected chi connectivity index (χ2v) is 9.33. The van der Waals surface area contributed by atoms with E-state index in [0.29, 0.717) is 41.8 Å². The Morgan fingerprint density at radius 1 is 1.36 bits per heavy atom. The molecule has 4 aliphatic carbocycles. The predicted octanol–water partition coefficient (Wildman–Crippen LogP) is 4.29. The van der Waals surface area contributed by atoms with Gasteiger partial charge in [0.1, 0.15) is 5.60 Å². The van der Waals surface area contributed by atoms with Crippen molar-refractivity contribution in [3.05, 3.63) is 23.8 Å². The minimum Gasteiger partial charge on any atom is -0.377 e. The molecule has 0 aromatic carbocycles. The number of ketones is 1. The predicted molar refractivity (Wildman–Crippen MR) is 99.6 cm³/mol. The quantitative estimate of drug-likeness (QED) is 0.572. The van der Waals surface area contributed by atoms with E-state index in [-0.39, 0.29) is 5.41 Å². The molecule has 134 valence electrons. The highest BCUT2D eigenvalue weighted by Gasteiger charge is 2.64. The molecule has 3 saturated carbocycles. The van der Waals surface area contributed by atoms with Gasteiger partial charge in [0.15, 0.2) is 5.78 Å². The van der Waals surface area contributed by atoms with Crippen molar-refractivity contribution in [1.82, 2.24) is 0 Å². The number of allylic oxidation sites excluding steroid dienone is 2. The Balaban J connectivity index is 1.77. The number of aliphatic hydroxyl groups is 1. The third kappa shape index (κ3) is 2.25. The molecule has 0 bridgehead atoms. The summed E-state index contributed by atoms with van der Waals surface area (Å²) in [6.07, 6.45) is 14.3. The maximum absolute atomic E-state index is 11.9. The van der Waals surface area contributed by atoms with E-state index in [0.717, 1.165) is 38.5 Å². The number of hydrogen-bond acceptors (Lipinski definition) is 2. The molecule has 0 aromatic rings. The molecule has 0 aromatic heterocycles. The molecule has 7 atom stereocenters. The normalized spacial score (nSPS) is 48.6. The van der Waals surface area contributed by atoms with Gasteiger partial charge in [-0.3, -0.25) is 4.79 Å². The van der Waals surface area contributed by atoms with Gasteiger partial charge in [-0.15, -0.1) is 6.42 Å². The lowest BCUT2D eigenvalue weighted by Crippen LogP contribution is -2.55. The highest BCUT2D eigenvalue weighted by molar-refractivity contribution is 5.91. The van der Waals surface area contributed by atoms with Crippen molar-refractivity contribution >= 4 is 5.78 Å². The Kier molecular flexibility index (Phi) is 3.82. The Labute approximate surface area is 151 Å². The number of fused-ring (bicyclic) bond motifs is 5. The average Bonchev–Trinajstić information content (AvgIpc) is 2.85. The van der Waals surface area contributed by atoms with E-state index >= 15 is 0 Å². The van der Waals surface area contributed by atoms with Crippen molar-refractivity contribution in [2.24, 2.45) is 35.0 Å². The maximum Gasteiger partial charge on any atom is 0.155 e. The van der Waals surface area contributed by atoms with Gasteiger partial charge in [-0.2, -0.15) is 0 Å². The lowest BCUT2D eigenvalue weighted by Gasteiger charge is -2.58. The van der Waals surface area contributed by atoms with Gasteiger partial charge in [0.2, 0.25) is 0 Å². The first-order valence-corrected chi connectivity index (χ1v) is 9.89. The highest BCUT2D eigenvalue weighted by Crippen LogP contribution is 2.67. The van der Waals surface area contributed by atoms with Gasteiger partial charge in [0.05, 0.1) is 0 Å². The molecule has 2 nitrogen and oxygen atoms in total. The van der Waals surface area contributed by atoms with E-state index in [1.807, 2.05) is 6.08 Å². The van der Waals surface area contributed by atoms with Crippen molar-refractivity contribution in [3.63, 3.8) is 0 Å². The Morgan fingerprint density at radius 3 is 2.80 bits per heavy atom. The molecule has 25 heavy (non-hydrogen) atoms. The number of rotatable bonds is 1. The van der Waals surface area contributed by atoms with Gasteiger partial charge in [0, 0.05) is 11.8 Å². The molecule has 0 spiro atoms. The number of hydrogen-bond donors (Lipinski definition) is 1. The van der Waals surface area contributed by atoms with E-state index in [4.69, 9.17) is 6.42 Å². The van der Waals surface area contributed by atoms with Crippen LogP contribution >= 0.6 is 0 Å². The van der Waals surface area contributed by atoms with Crippen molar-refractivity contribution < 1.29 is 9.90 Å². The van der Waals surface area contributed by atoms with E-state index in [1.54, 1.807) is 0 Å². The fraction of sp³-hybridized carbons (Fsp3) is 0.696. The van der Waals surface area contributed by atoms with Crippen LogP contribution in [-0.4, -0.2) is 16.5 Å². The lowest BCUT2D eigenvalue weighted by molar-refractivity contribution is -0.118. The van der Waals surface area contributed by atoms with Crippen molar-refractivity contribution in [2.45, 2.75) is 64.4 Å². The fourth-order valence-corrected chi connectivity index (χ4v) is 7.05. The molecule has 0 amide bonds. The Morgan fingerprint density at radius 2 is 2.12 bits per heavy atom. The molecule has 0 heterocycles. The SMILES string of the molecule is C#C[C@]1(O)CCC2C3CCC4=CC(=O)CCC4C3C(C(=C)C)CC21C. The van der Waals surface area contributed by atoms with Crippen LogP contribution in [0.1, 0.15) is 58.8 Å². The molecular weight excluding hydrogens is 308 g/mol. The number of carbonyl (C=O) groups excluding carboxylic acids is 1. The van der Waals surface area contributed by atoms with Crippen LogP contribution < -0.4 is 0 Å². The third-order valence-electron chi connectivity index (χ3n) is 8.33. The van der Waals surface area contributed by atoms with Crippen LogP contribution in [0.2, 0.25) is 0 Å². The minimum absolute atomic E-state index is 0.210. The lowest BCUT2D eigenvalue weighted by atomic mass is 9.47. The van der Waals surface area contributed by atoms with Gasteiger partial charge in [-0.25, -0.2) is 0 Å². The first-order chi connectivity index (χ1) is 11.8. The molecule has 0 radical (unpaired) electrons. The fourth-order valence-electron chi connectivity index (χ4n) is 7.05. The Hall–Kier alpha value is -1.33. The monoisotopic (exact) mass is 338 g/mol. The topological polar surface area (TPSA) is 37.3 Å². The van der Waals surface area contributed by atoms with Crippen molar-refractivity contribution in [3.8, 4) is 12.3 Å². The van der Waals surface area contributed by atoms with E-state index < -0.39 is 5.60 Å².